The summed E-state index contributed by atoms with van der Waals surface area (Å²) in [6, 6.07) is 5.43. The maximum atomic E-state index is 10.8. The number of hydrogen-bond donors (Lipinski definition) is 0. The summed E-state index contributed by atoms with van der Waals surface area (Å²) in [5.41, 5.74) is 0.0627. The lowest BCUT2D eigenvalue weighted by Gasteiger charge is -1.94. The first-order chi connectivity index (χ1) is 8.06. The molecule has 1 rings (SSSR count). The molecule has 0 aliphatic rings. The second-order valence-corrected chi connectivity index (χ2v) is 2.88. The first-order valence-corrected chi connectivity index (χ1v) is 4.36. The predicted octanol–water partition coefficient (Wildman–Crippen LogP) is 0.991. The molecular formula is C11H6N2O4. The van der Waals surface area contributed by atoms with Crippen molar-refractivity contribution in [3.63, 3.8) is 0 Å². The van der Waals surface area contributed by atoms with Gasteiger partial charge in [-0.3, -0.25) is 10.1 Å². The maximum absolute atomic E-state index is 10.8. The number of carbonyl (C=O) groups is 1. The Hall–Kier alpha value is -2.86. The Kier molecular flexibility index (Phi) is 3.80. The lowest BCUT2D eigenvalue weighted by Crippen LogP contribution is -1.95. The molecule has 1 aromatic rings. The molecule has 0 N–H and O–H groups in total. The average Bonchev–Trinajstić information content (AvgIpc) is 2.35. The summed E-state index contributed by atoms with van der Waals surface area (Å²) in [7, 11) is 1.17. The Bertz CT molecular complexity index is 575. The minimum atomic E-state index is -0.755. The van der Waals surface area contributed by atoms with Crippen molar-refractivity contribution < 1.29 is 14.5 Å². The van der Waals surface area contributed by atoms with Gasteiger partial charge >= 0.3 is 5.97 Å². The van der Waals surface area contributed by atoms with Crippen molar-refractivity contribution in [2.45, 2.75) is 0 Å². The minimum Gasteiger partial charge on any atom is -0.459 e. The van der Waals surface area contributed by atoms with Gasteiger partial charge in [-0.25, -0.2) is 4.79 Å². The van der Waals surface area contributed by atoms with Crippen LogP contribution in [0.25, 0.3) is 0 Å². The Labute approximate surface area is 96.6 Å². The van der Waals surface area contributed by atoms with Gasteiger partial charge in [-0.1, -0.05) is 5.92 Å². The molecule has 0 saturated carbocycles. The second kappa shape index (κ2) is 5.29. The van der Waals surface area contributed by atoms with E-state index in [-0.39, 0.29) is 16.8 Å². The molecular weight excluding hydrogens is 224 g/mol. The molecule has 0 spiro atoms. The molecule has 0 aliphatic heterocycles. The summed E-state index contributed by atoms with van der Waals surface area (Å²) >= 11 is 0. The lowest BCUT2D eigenvalue weighted by atomic mass is 10.1. The highest BCUT2D eigenvalue weighted by atomic mass is 16.6. The van der Waals surface area contributed by atoms with Crippen molar-refractivity contribution in [3.05, 3.63) is 39.4 Å². The average molecular weight is 230 g/mol. The van der Waals surface area contributed by atoms with Crippen LogP contribution in [-0.4, -0.2) is 18.0 Å². The van der Waals surface area contributed by atoms with Gasteiger partial charge in [0.1, 0.15) is 0 Å². The van der Waals surface area contributed by atoms with Crippen molar-refractivity contribution >= 4 is 11.7 Å². The molecule has 0 aromatic heterocycles. The summed E-state index contributed by atoms with van der Waals surface area (Å²) in [5, 5.41) is 19.3. The van der Waals surface area contributed by atoms with E-state index in [1.165, 1.54) is 19.2 Å². The maximum Gasteiger partial charge on any atom is 0.384 e. The summed E-state index contributed by atoms with van der Waals surface area (Å²) in [5.74, 6) is 3.75. The van der Waals surface area contributed by atoms with E-state index in [1.54, 1.807) is 6.07 Å². The number of hydrogen-bond acceptors (Lipinski definition) is 5. The molecule has 0 aliphatic carbocycles. The lowest BCUT2D eigenvalue weighted by molar-refractivity contribution is -0.384. The fourth-order valence-corrected chi connectivity index (χ4v) is 1.03. The number of nitriles is 1. The topological polar surface area (TPSA) is 93.2 Å². The molecule has 0 amide bonds. The number of methoxy groups -OCH3 is 1. The van der Waals surface area contributed by atoms with Gasteiger partial charge in [-0.05, 0) is 6.07 Å². The highest BCUT2D eigenvalue weighted by Gasteiger charge is 2.08. The fourth-order valence-electron chi connectivity index (χ4n) is 1.03. The first kappa shape index (κ1) is 12.2. The first-order valence-electron chi connectivity index (χ1n) is 4.36. The Balaban J connectivity index is 3.20. The predicted molar refractivity (Wildman–Crippen MR) is 56.7 cm³/mol. The quantitative estimate of drug-likeness (QED) is 0.310. The largest absolute Gasteiger partial charge is 0.459 e. The standard InChI is InChI=1S/C11H6N2O4/c1-17-11(14)3-2-8-4-9(7-12)6-10(5-8)13(15)16/h4-6H,1H3. The van der Waals surface area contributed by atoms with Crippen molar-refractivity contribution in [1.82, 2.24) is 0 Å². The van der Waals surface area contributed by atoms with E-state index >= 15 is 0 Å². The number of carbonyl (C=O) groups excluding carboxylic acids is 1. The summed E-state index contributed by atoms with van der Waals surface area (Å²) < 4.78 is 4.29. The van der Waals surface area contributed by atoms with Gasteiger partial charge in [0, 0.05) is 23.6 Å². The molecule has 0 fully saturated rings. The van der Waals surface area contributed by atoms with E-state index in [2.05, 4.69) is 16.6 Å². The third-order valence-corrected chi connectivity index (χ3v) is 1.75. The minimum absolute atomic E-state index is 0.105. The van der Waals surface area contributed by atoms with Crippen LogP contribution < -0.4 is 0 Å². The Morgan fingerprint density at radius 1 is 1.41 bits per heavy atom. The van der Waals surface area contributed by atoms with Crippen LogP contribution in [0, 0.1) is 33.3 Å². The molecule has 0 bridgehead atoms. The number of esters is 1. The third kappa shape index (κ3) is 3.33. The smallest absolute Gasteiger partial charge is 0.384 e. The monoisotopic (exact) mass is 230 g/mol. The zero-order valence-electron chi connectivity index (χ0n) is 8.76. The van der Waals surface area contributed by atoms with Crippen LogP contribution in [-0.2, 0) is 9.53 Å². The van der Waals surface area contributed by atoms with Crippen LogP contribution in [0.1, 0.15) is 11.1 Å². The molecule has 17 heavy (non-hydrogen) atoms. The molecule has 0 radical (unpaired) electrons. The van der Waals surface area contributed by atoms with E-state index in [1.807, 2.05) is 0 Å². The van der Waals surface area contributed by atoms with Crippen LogP contribution in [0.3, 0.4) is 0 Å². The highest BCUT2D eigenvalue weighted by molar-refractivity contribution is 5.89. The van der Waals surface area contributed by atoms with Gasteiger partial charge in [0.05, 0.1) is 23.7 Å². The number of benzene rings is 1. The van der Waals surface area contributed by atoms with E-state index in [0.29, 0.717) is 0 Å². The normalized spacial score (nSPS) is 8.47. The summed E-state index contributed by atoms with van der Waals surface area (Å²) in [6.45, 7) is 0. The van der Waals surface area contributed by atoms with Crippen molar-refractivity contribution in [2.75, 3.05) is 7.11 Å². The molecule has 1 aromatic carbocycles. The molecule has 0 heterocycles. The highest BCUT2D eigenvalue weighted by Crippen LogP contribution is 2.15. The molecule has 84 valence electrons. The second-order valence-electron chi connectivity index (χ2n) is 2.88. The number of nitro groups is 1. The zero-order valence-corrected chi connectivity index (χ0v) is 8.76. The molecule has 0 saturated heterocycles. The van der Waals surface area contributed by atoms with Crippen LogP contribution in [0.15, 0.2) is 18.2 Å². The molecule has 0 unspecified atom stereocenters. The number of non-ortho nitro benzene ring substituents is 1. The van der Waals surface area contributed by atoms with E-state index in [4.69, 9.17) is 5.26 Å². The van der Waals surface area contributed by atoms with Gasteiger partial charge in [0.15, 0.2) is 0 Å². The van der Waals surface area contributed by atoms with Crippen LogP contribution in [0.2, 0.25) is 0 Å². The van der Waals surface area contributed by atoms with Gasteiger partial charge in [-0.2, -0.15) is 5.26 Å². The number of nitro benzene ring substituents is 1. The fraction of sp³-hybridized carbons (Fsp3) is 0.0909. The van der Waals surface area contributed by atoms with Crippen LogP contribution >= 0.6 is 0 Å². The van der Waals surface area contributed by atoms with Crippen LogP contribution in [0.5, 0.6) is 0 Å². The Morgan fingerprint density at radius 2 is 2.06 bits per heavy atom. The van der Waals surface area contributed by atoms with Gasteiger partial charge in [-0.15, -0.1) is 0 Å². The van der Waals surface area contributed by atoms with Gasteiger partial charge in [0.2, 0.25) is 0 Å². The van der Waals surface area contributed by atoms with Gasteiger partial charge in [0.25, 0.3) is 5.69 Å². The molecule has 0 atom stereocenters. The zero-order chi connectivity index (χ0) is 12.8. The van der Waals surface area contributed by atoms with Crippen molar-refractivity contribution in [1.29, 1.82) is 5.26 Å². The van der Waals surface area contributed by atoms with E-state index in [0.717, 1.165) is 6.07 Å². The van der Waals surface area contributed by atoms with Gasteiger partial charge < -0.3 is 4.74 Å². The Morgan fingerprint density at radius 3 is 2.59 bits per heavy atom. The van der Waals surface area contributed by atoms with Crippen molar-refractivity contribution in [3.8, 4) is 17.9 Å². The number of nitrogens with zero attached hydrogens (tertiary/aromatic N) is 2. The molecule has 6 nitrogen and oxygen atoms in total. The third-order valence-electron chi connectivity index (χ3n) is 1.75. The SMILES string of the molecule is COC(=O)C#Cc1cc(C#N)cc([N+](=O)[O-])c1. The summed E-state index contributed by atoms with van der Waals surface area (Å²) in [6.07, 6.45) is 0. The number of rotatable bonds is 1. The number of ether oxygens (including phenoxy) is 1. The van der Waals surface area contributed by atoms with E-state index in [9.17, 15) is 14.9 Å². The van der Waals surface area contributed by atoms with E-state index < -0.39 is 10.9 Å². The van der Waals surface area contributed by atoms with Crippen LogP contribution in [0.4, 0.5) is 5.69 Å². The summed E-state index contributed by atoms with van der Waals surface area (Å²) in [4.78, 5) is 20.7. The van der Waals surface area contributed by atoms with Crippen molar-refractivity contribution in [2.24, 2.45) is 0 Å². The molecule has 6 heteroatoms.